The molecule has 0 aliphatic heterocycles. The first-order valence-electron chi connectivity index (χ1n) is 6.85. The van der Waals surface area contributed by atoms with E-state index in [-0.39, 0.29) is 5.88 Å². The summed E-state index contributed by atoms with van der Waals surface area (Å²) < 4.78 is 5.43. The summed E-state index contributed by atoms with van der Waals surface area (Å²) in [7, 11) is 0. The molecule has 20 heavy (non-hydrogen) atoms. The lowest BCUT2D eigenvalue weighted by atomic mass is 9.87. The monoisotopic (exact) mass is 267 g/mol. The maximum atomic E-state index is 10.9. The average molecular weight is 267 g/mol. The second-order valence-corrected chi connectivity index (χ2v) is 5.33. The van der Waals surface area contributed by atoms with Gasteiger partial charge in [0.25, 0.3) is 0 Å². The van der Waals surface area contributed by atoms with Crippen LogP contribution in [0.15, 0.2) is 34.7 Å². The zero-order valence-corrected chi connectivity index (χ0v) is 10.9. The number of nitrogens with zero attached hydrogens (tertiary/aromatic N) is 1. The molecule has 0 spiro atoms. The summed E-state index contributed by atoms with van der Waals surface area (Å²) in [5.74, 6) is -0.190. The summed E-state index contributed by atoms with van der Waals surface area (Å²) in [4.78, 5) is 10.4. The zero-order chi connectivity index (χ0) is 13.7. The van der Waals surface area contributed by atoms with Gasteiger partial charge in [-0.2, -0.15) is 0 Å². The number of fused-ring (bicyclic) bond motifs is 5. The lowest BCUT2D eigenvalue weighted by molar-refractivity contribution is -0.401. The average Bonchev–Trinajstić information content (AvgIpc) is 2.91. The normalized spacial score (nSPS) is 14.6. The molecule has 4 nitrogen and oxygen atoms in total. The molecule has 3 aromatic rings. The third-order valence-electron chi connectivity index (χ3n) is 4.18. The summed E-state index contributed by atoms with van der Waals surface area (Å²) in [5.41, 5.74) is 3.42. The largest absolute Gasteiger partial charge is 0.434 e. The summed E-state index contributed by atoms with van der Waals surface area (Å²) in [6, 6.07) is 9.66. The van der Waals surface area contributed by atoms with Crippen LogP contribution in [-0.2, 0) is 12.8 Å². The molecule has 1 aromatic heterocycles. The van der Waals surface area contributed by atoms with Gasteiger partial charge in [-0.3, -0.25) is 10.1 Å². The molecule has 4 heteroatoms. The van der Waals surface area contributed by atoms with Crippen LogP contribution in [0, 0.1) is 10.1 Å². The van der Waals surface area contributed by atoms with Crippen molar-refractivity contribution in [1.29, 1.82) is 0 Å². The van der Waals surface area contributed by atoms with E-state index >= 15 is 0 Å². The highest BCUT2D eigenvalue weighted by atomic mass is 16.6. The molecular formula is C16H13NO3. The van der Waals surface area contributed by atoms with Crippen LogP contribution in [0.3, 0.4) is 0 Å². The van der Waals surface area contributed by atoms with Gasteiger partial charge in [-0.05, 0) is 42.2 Å². The number of furan rings is 1. The summed E-state index contributed by atoms with van der Waals surface area (Å²) in [6.07, 6.45) is 4.66. The van der Waals surface area contributed by atoms with Crippen molar-refractivity contribution in [2.75, 3.05) is 0 Å². The first kappa shape index (κ1) is 11.5. The molecule has 1 aliphatic carbocycles. The molecule has 0 fully saturated rings. The number of benzene rings is 2. The van der Waals surface area contributed by atoms with E-state index in [1.54, 1.807) is 0 Å². The second kappa shape index (κ2) is 4.07. The molecule has 0 unspecified atom stereocenters. The summed E-state index contributed by atoms with van der Waals surface area (Å²) >= 11 is 0. The van der Waals surface area contributed by atoms with Crippen molar-refractivity contribution in [2.45, 2.75) is 25.7 Å². The summed E-state index contributed by atoms with van der Waals surface area (Å²) in [6.45, 7) is 0. The Morgan fingerprint density at radius 3 is 2.70 bits per heavy atom. The Morgan fingerprint density at radius 2 is 1.85 bits per heavy atom. The third-order valence-corrected chi connectivity index (χ3v) is 4.18. The van der Waals surface area contributed by atoms with Crippen LogP contribution in [0.4, 0.5) is 5.88 Å². The van der Waals surface area contributed by atoms with Crippen molar-refractivity contribution >= 4 is 27.6 Å². The molecule has 0 radical (unpaired) electrons. The first-order chi connectivity index (χ1) is 9.74. The van der Waals surface area contributed by atoms with Crippen LogP contribution < -0.4 is 0 Å². The second-order valence-electron chi connectivity index (χ2n) is 5.33. The third kappa shape index (κ3) is 1.54. The van der Waals surface area contributed by atoms with E-state index in [0.29, 0.717) is 5.58 Å². The lowest BCUT2D eigenvalue weighted by Crippen LogP contribution is -2.02. The molecule has 4 rings (SSSR count). The van der Waals surface area contributed by atoms with E-state index in [9.17, 15) is 10.1 Å². The van der Waals surface area contributed by atoms with Gasteiger partial charge in [0, 0.05) is 10.8 Å². The number of hydrogen-bond acceptors (Lipinski definition) is 3. The van der Waals surface area contributed by atoms with Crippen LogP contribution in [-0.4, -0.2) is 4.92 Å². The molecule has 0 N–H and O–H groups in total. The van der Waals surface area contributed by atoms with Crippen molar-refractivity contribution in [2.24, 2.45) is 0 Å². The Bertz CT molecular complexity index is 848. The van der Waals surface area contributed by atoms with Gasteiger partial charge in [-0.25, -0.2) is 0 Å². The van der Waals surface area contributed by atoms with E-state index in [2.05, 4.69) is 12.1 Å². The SMILES string of the molecule is O=[N+]([O-])c1cc2ccc3c4c(ccc3c2o1)CCCC4. The Morgan fingerprint density at radius 1 is 1.05 bits per heavy atom. The van der Waals surface area contributed by atoms with Crippen molar-refractivity contribution < 1.29 is 9.34 Å². The quantitative estimate of drug-likeness (QED) is 0.486. The molecule has 0 bridgehead atoms. The smallest absolute Gasteiger partial charge is 0.400 e. The molecule has 1 heterocycles. The minimum absolute atomic E-state index is 0.190. The van der Waals surface area contributed by atoms with Gasteiger partial charge in [-0.1, -0.05) is 24.3 Å². The minimum atomic E-state index is -0.482. The number of hydrogen-bond donors (Lipinski definition) is 0. The molecular weight excluding hydrogens is 254 g/mol. The lowest BCUT2D eigenvalue weighted by Gasteiger charge is -2.17. The fraction of sp³-hybridized carbons (Fsp3) is 0.250. The van der Waals surface area contributed by atoms with E-state index < -0.39 is 4.92 Å². The highest BCUT2D eigenvalue weighted by Crippen LogP contribution is 2.35. The van der Waals surface area contributed by atoms with Crippen LogP contribution in [0.5, 0.6) is 0 Å². The van der Waals surface area contributed by atoms with Gasteiger partial charge in [0.15, 0.2) is 0 Å². The summed E-state index contributed by atoms with van der Waals surface area (Å²) in [5, 5.41) is 13.8. The molecule has 0 saturated carbocycles. The standard InChI is InChI=1S/C16H13NO3/c18-17(19)15-9-11-6-7-13-12-4-2-1-3-10(12)5-8-14(13)16(11)20-15/h5-9H,1-4H2. The van der Waals surface area contributed by atoms with E-state index in [1.165, 1.54) is 35.4 Å². The predicted molar refractivity (Wildman–Crippen MR) is 77.0 cm³/mol. The van der Waals surface area contributed by atoms with E-state index in [4.69, 9.17) is 4.42 Å². The van der Waals surface area contributed by atoms with Gasteiger partial charge >= 0.3 is 5.88 Å². The van der Waals surface area contributed by atoms with Crippen molar-refractivity contribution in [3.05, 3.63) is 51.6 Å². The van der Waals surface area contributed by atoms with Crippen molar-refractivity contribution in [3.63, 3.8) is 0 Å². The van der Waals surface area contributed by atoms with Crippen LogP contribution in [0.25, 0.3) is 21.7 Å². The first-order valence-corrected chi connectivity index (χ1v) is 6.85. The number of aryl methyl sites for hydroxylation is 2. The fourth-order valence-corrected chi connectivity index (χ4v) is 3.23. The maximum absolute atomic E-state index is 10.9. The highest BCUT2D eigenvalue weighted by Gasteiger charge is 2.18. The predicted octanol–water partition coefficient (Wildman–Crippen LogP) is 4.37. The highest BCUT2D eigenvalue weighted by molar-refractivity contribution is 6.06. The van der Waals surface area contributed by atoms with Gasteiger partial charge in [0.1, 0.15) is 10.5 Å². The van der Waals surface area contributed by atoms with Gasteiger partial charge < -0.3 is 4.42 Å². The topological polar surface area (TPSA) is 56.3 Å². The van der Waals surface area contributed by atoms with Gasteiger partial charge in [0.2, 0.25) is 0 Å². The number of rotatable bonds is 1. The molecule has 100 valence electrons. The Balaban J connectivity index is 2.07. The molecule has 1 aliphatic rings. The van der Waals surface area contributed by atoms with Crippen LogP contribution in [0.2, 0.25) is 0 Å². The molecule has 0 amide bonds. The molecule has 0 saturated heterocycles. The molecule has 2 aromatic carbocycles. The zero-order valence-electron chi connectivity index (χ0n) is 10.9. The fourth-order valence-electron chi connectivity index (χ4n) is 3.23. The van der Waals surface area contributed by atoms with E-state index in [1.807, 2.05) is 12.1 Å². The van der Waals surface area contributed by atoms with Crippen molar-refractivity contribution in [3.8, 4) is 0 Å². The number of nitro groups is 1. The molecule has 0 atom stereocenters. The Labute approximate surface area is 115 Å². The van der Waals surface area contributed by atoms with Crippen molar-refractivity contribution in [1.82, 2.24) is 0 Å². The van der Waals surface area contributed by atoms with Crippen LogP contribution >= 0.6 is 0 Å². The Kier molecular flexibility index (Phi) is 2.33. The van der Waals surface area contributed by atoms with E-state index in [0.717, 1.165) is 23.6 Å². The minimum Gasteiger partial charge on any atom is -0.400 e. The van der Waals surface area contributed by atoms with Gasteiger partial charge in [0.05, 0.1) is 6.07 Å². The van der Waals surface area contributed by atoms with Crippen LogP contribution in [0.1, 0.15) is 24.0 Å². The maximum Gasteiger partial charge on any atom is 0.434 e. The van der Waals surface area contributed by atoms with Gasteiger partial charge in [-0.15, -0.1) is 0 Å². The Hall–Kier alpha value is -2.36.